The topological polar surface area (TPSA) is 34.1 Å². The van der Waals surface area contributed by atoms with Crippen LogP contribution in [0.15, 0.2) is 42.5 Å². The highest BCUT2D eigenvalue weighted by atomic mass is 16.1. The van der Waals surface area contributed by atoms with E-state index in [0.29, 0.717) is 0 Å². The number of rotatable bonds is 9. The molecule has 0 N–H and O–H groups in total. The van der Waals surface area contributed by atoms with Gasteiger partial charge in [0.25, 0.3) is 0 Å². The molecule has 0 radical (unpaired) electrons. The molecule has 21 heavy (non-hydrogen) atoms. The maximum absolute atomic E-state index is 12.2. The molecule has 0 amide bonds. The van der Waals surface area contributed by atoms with Gasteiger partial charge in [-0.15, -0.1) is 0 Å². The molecular weight excluding hydrogens is 260 g/mol. The molecule has 114 valence electrons. The van der Waals surface area contributed by atoms with E-state index in [1.807, 2.05) is 37.3 Å². The molecule has 0 saturated heterocycles. The average molecular weight is 286 g/mol. The Morgan fingerprint density at radius 3 is 2.43 bits per heavy atom. The zero-order chi connectivity index (χ0) is 15.7. The van der Waals surface area contributed by atoms with Gasteiger partial charge >= 0.3 is 0 Å². The maximum atomic E-state index is 12.2. The van der Waals surface area contributed by atoms with Gasteiger partial charge in [-0.3, -0.25) is 9.59 Å². The third kappa shape index (κ3) is 6.52. The van der Waals surface area contributed by atoms with Crippen LogP contribution >= 0.6 is 0 Å². The Kier molecular flexibility index (Phi) is 7.66. The highest BCUT2D eigenvalue weighted by Gasteiger charge is 2.13. The van der Waals surface area contributed by atoms with Crippen LogP contribution in [0.3, 0.4) is 0 Å². The molecule has 0 saturated carbocycles. The highest BCUT2D eigenvalue weighted by Crippen LogP contribution is 2.14. The second kappa shape index (κ2) is 9.28. The summed E-state index contributed by atoms with van der Waals surface area (Å²) in [5.41, 5.74) is 1.17. The lowest BCUT2D eigenvalue weighted by Crippen LogP contribution is -2.13. The van der Waals surface area contributed by atoms with Crippen molar-refractivity contribution in [2.24, 2.45) is 11.8 Å². The number of unbranched alkanes of at least 4 members (excludes halogenated alkanes) is 1. The van der Waals surface area contributed by atoms with Gasteiger partial charge in [-0.05, 0) is 31.4 Å². The number of benzene rings is 1. The molecule has 0 aliphatic carbocycles. The van der Waals surface area contributed by atoms with Gasteiger partial charge < -0.3 is 0 Å². The van der Waals surface area contributed by atoms with Crippen molar-refractivity contribution in [3.05, 3.63) is 48.0 Å². The molecule has 2 atom stereocenters. The van der Waals surface area contributed by atoms with Gasteiger partial charge in [-0.2, -0.15) is 0 Å². The second-order valence-electron chi connectivity index (χ2n) is 5.71. The first kappa shape index (κ1) is 17.4. The molecular formula is C19H26O2. The summed E-state index contributed by atoms with van der Waals surface area (Å²) in [5.74, 6) is 0.0741. The predicted octanol–water partition coefficient (Wildman–Crippen LogP) is 4.39. The smallest absolute Gasteiger partial charge is 0.158 e. The van der Waals surface area contributed by atoms with Crippen LogP contribution in [0.5, 0.6) is 0 Å². The van der Waals surface area contributed by atoms with Gasteiger partial charge in [0.05, 0.1) is 0 Å². The van der Waals surface area contributed by atoms with Crippen LogP contribution in [0, 0.1) is 11.8 Å². The zero-order valence-electron chi connectivity index (χ0n) is 13.3. The molecule has 0 heterocycles. The van der Waals surface area contributed by atoms with E-state index in [-0.39, 0.29) is 23.4 Å². The van der Waals surface area contributed by atoms with Crippen LogP contribution in [0.25, 0.3) is 0 Å². The van der Waals surface area contributed by atoms with E-state index in [1.165, 1.54) is 5.56 Å². The SMILES string of the molecule is CCCC[C@@H](/C=C/C(=O)[C@H](C)Cc1ccccc1)C(C)=O. The molecule has 0 unspecified atom stereocenters. The molecule has 0 aromatic heterocycles. The Morgan fingerprint density at radius 1 is 1.19 bits per heavy atom. The van der Waals surface area contributed by atoms with Crippen molar-refractivity contribution in [3.8, 4) is 0 Å². The van der Waals surface area contributed by atoms with Crippen molar-refractivity contribution < 1.29 is 9.59 Å². The van der Waals surface area contributed by atoms with E-state index in [2.05, 4.69) is 6.92 Å². The molecule has 0 aliphatic heterocycles. The third-order valence-electron chi connectivity index (χ3n) is 3.75. The van der Waals surface area contributed by atoms with Crippen molar-refractivity contribution >= 4 is 11.6 Å². The number of hydrogen-bond acceptors (Lipinski definition) is 2. The summed E-state index contributed by atoms with van der Waals surface area (Å²) in [6.45, 7) is 5.64. The first-order valence-electron chi connectivity index (χ1n) is 7.81. The third-order valence-corrected chi connectivity index (χ3v) is 3.75. The predicted molar refractivity (Wildman–Crippen MR) is 87.2 cm³/mol. The second-order valence-corrected chi connectivity index (χ2v) is 5.71. The van der Waals surface area contributed by atoms with Gasteiger partial charge in [0.15, 0.2) is 5.78 Å². The fourth-order valence-electron chi connectivity index (χ4n) is 2.30. The number of hydrogen-bond donors (Lipinski definition) is 0. The average Bonchev–Trinajstić information content (AvgIpc) is 2.47. The molecule has 0 bridgehead atoms. The minimum absolute atomic E-state index is 0.0533. The Labute approximate surface area is 128 Å². The zero-order valence-corrected chi connectivity index (χ0v) is 13.3. The van der Waals surface area contributed by atoms with E-state index in [1.54, 1.807) is 19.1 Å². The fraction of sp³-hybridized carbons (Fsp3) is 0.474. The van der Waals surface area contributed by atoms with Crippen LogP contribution < -0.4 is 0 Å². The van der Waals surface area contributed by atoms with Gasteiger partial charge in [-0.1, -0.05) is 63.1 Å². The monoisotopic (exact) mass is 286 g/mol. The molecule has 1 rings (SSSR count). The van der Waals surface area contributed by atoms with Crippen molar-refractivity contribution in [3.63, 3.8) is 0 Å². The van der Waals surface area contributed by atoms with Crippen LogP contribution in [-0.2, 0) is 16.0 Å². The molecule has 0 spiro atoms. The van der Waals surface area contributed by atoms with Gasteiger partial charge in [0, 0.05) is 11.8 Å². The minimum atomic E-state index is -0.113. The lowest BCUT2D eigenvalue weighted by atomic mass is 9.93. The first-order chi connectivity index (χ1) is 10.0. The van der Waals surface area contributed by atoms with Crippen molar-refractivity contribution in [1.82, 2.24) is 0 Å². The molecule has 0 aliphatic rings. The number of carbonyl (C=O) groups excluding carboxylic acids is 2. The number of Topliss-reactive ketones (excluding diaryl/α,β-unsaturated/α-hetero) is 1. The highest BCUT2D eigenvalue weighted by molar-refractivity contribution is 5.92. The Hall–Kier alpha value is -1.70. The summed E-state index contributed by atoms with van der Waals surface area (Å²) in [7, 11) is 0. The van der Waals surface area contributed by atoms with Crippen molar-refractivity contribution in [1.29, 1.82) is 0 Å². The van der Waals surface area contributed by atoms with Gasteiger partial charge in [0.1, 0.15) is 5.78 Å². The maximum Gasteiger partial charge on any atom is 0.158 e. The fourth-order valence-corrected chi connectivity index (χ4v) is 2.30. The van der Waals surface area contributed by atoms with Gasteiger partial charge in [-0.25, -0.2) is 0 Å². The van der Waals surface area contributed by atoms with Crippen LogP contribution in [0.2, 0.25) is 0 Å². The van der Waals surface area contributed by atoms with E-state index >= 15 is 0 Å². The Morgan fingerprint density at radius 2 is 1.86 bits per heavy atom. The summed E-state index contributed by atoms with van der Waals surface area (Å²) in [6, 6.07) is 10.0. The summed E-state index contributed by atoms with van der Waals surface area (Å²) in [4.78, 5) is 23.7. The standard InChI is InChI=1S/C19H26O2/c1-4-5-11-18(16(3)20)12-13-19(21)15(2)14-17-9-7-6-8-10-17/h6-10,12-13,15,18H,4-5,11,14H2,1-3H3/b13-12+/t15-,18+/m1/s1. The largest absolute Gasteiger partial charge is 0.299 e. The lowest BCUT2D eigenvalue weighted by molar-refractivity contribution is -0.119. The summed E-state index contributed by atoms with van der Waals surface area (Å²) < 4.78 is 0. The normalized spacial score (nSPS) is 14.0. The van der Waals surface area contributed by atoms with Crippen molar-refractivity contribution in [2.45, 2.75) is 46.5 Å². The number of ketones is 2. The van der Waals surface area contributed by atoms with Crippen molar-refractivity contribution in [2.75, 3.05) is 0 Å². The Bertz CT molecular complexity index is 474. The molecule has 0 fully saturated rings. The first-order valence-corrected chi connectivity index (χ1v) is 7.81. The van der Waals surface area contributed by atoms with Crippen LogP contribution in [-0.4, -0.2) is 11.6 Å². The van der Waals surface area contributed by atoms with Gasteiger partial charge in [0.2, 0.25) is 0 Å². The number of allylic oxidation sites excluding steroid dienone is 2. The van der Waals surface area contributed by atoms with E-state index in [4.69, 9.17) is 0 Å². The molecule has 2 heteroatoms. The lowest BCUT2D eigenvalue weighted by Gasteiger charge is -2.10. The Balaban J connectivity index is 2.57. The number of carbonyl (C=O) groups is 2. The van der Waals surface area contributed by atoms with Crippen LogP contribution in [0.1, 0.15) is 45.6 Å². The summed E-state index contributed by atoms with van der Waals surface area (Å²) in [6.07, 6.45) is 7.06. The quantitative estimate of drug-likeness (QED) is 0.631. The van der Waals surface area contributed by atoms with Crippen LogP contribution in [0.4, 0.5) is 0 Å². The summed E-state index contributed by atoms with van der Waals surface area (Å²) in [5, 5.41) is 0. The van der Waals surface area contributed by atoms with E-state index < -0.39 is 0 Å². The van der Waals surface area contributed by atoms with E-state index in [0.717, 1.165) is 25.7 Å². The minimum Gasteiger partial charge on any atom is -0.299 e. The summed E-state index contributed by atoms with van der Waals surface area (Å²) >= 11 is 0. The molecule has 1 aromatic rings. The molecule has 1 aromatic carbocycles. The van der Waals surface area contributed by atoms with E-state index in [9.17, 15) is 9.59 Å². The molecule has 2 nitrogen and oxygen atoms in total.